The smallest absolute Gasteiger partial charge is 0.422 e. The normalized spacial score (nSPS) is 13.7. The van der Waals surface area contributed by atoms with E-state index in [4.69, 9.17) is 5.73 Å². The molecule has 0 unspecified atom stereocenters. The summed E-state index contributed by atoms with van der Waals surface area (Å²) in [5.41, 5.74) is 6.01. The Bertz CT molecular complexity index is 325. The van der Waals surface area contributed by atoms with E-state index in [0.717, 1.165) is 0 Å². The number of rotatable bonds is 3. The maximum Gasteiger partial charge on any atom is 0.422 e. The lowest BCUT2D eigenvalue weighted by atomic mass is 10.1. The Balaban J connectivity index is 2.76. The van der Waals surface area contributed by atoms with Crippen LogP contribution in [0.1, 0.15) is 18.5 Å². The standard InChI is InChI=1S/C9H11F3N2O/c1-6(13)7-3-2-4-14-8(7)15-5-9(10,11)12/h2-4,6H,5,13H2,1H3/t6-/m0/s1. The molecule has 0 aliphatic carbocycles. The Morgan fingerprint density at radius 3 is 2.73 bits per heavy atom. The van der Waals surface area contributed by atoms with Crippen LogP contribution in [-0.2, 0) is 0 Å². The van der Waals surface area contributed by atoms with E-state index >= 15 is 0 Å². The first kappa shape index (κ1) is 11.8. The molecule has 6 heteroatoms. The van der Waals surface area contributed by atoms with E-state index < -0.39 is 18.8 Å². The summed E-state index contributed by atoms with van der Waals surface area (Å²) in [5, 5.41) is 0. The van der Waals surface area contributed by atoms with Gasteiger partial charge >= 0.3 is 6.18 Å². The summed E-state index contributed by atoms with van der Waals surface area (Å²) in [6, 6.07) is 2.77. The van der Waals surface area contributed by atoms with Gasteiger partial charge in [-0.15, -0.1) is 0 Å². The van der Waals surface area contributed by atoms with Crippen molar-refractivity contribution in [3.8, 4) is 5.88 Å². The van der Waals surface area contributed by atoms with E-state index in [2.05, 4.69) is 9.72 Å². The molecule has 1 atom stereocenters. The van der Waals surface area contributed by atoms with Gasteiger partial charge in [-0.05, 0) is 13.0 Å². The highest BCUT2D eigenvalue weighted by atomic mass is 19.4. The Labute approximate surface area is 85.1 Å². The Kier molecular flexibility index (Phi) is 3.52. The molecular formula is C9H11F3N2O. The summed E-state index contributed by atoms with van der Waals surface area (Å²) in [6.07, 6.45) is -3.01. The fourth-order valence-corrected chi connectivity index (χ4v) is 1.02. The molecule has 0 saturated carbocycles. The minimum absolute atomic E-state index is 0.0650. The van der Waals surface area contributed by atoms with Crippen LogP contribution in [0.15, 0.2) is 18.3 Å². The molecule has 1 aromatic heterocycles. The molecule has 84 valence electrons. The first-order chi connectivity index (χ1) is 6.90. The summed E-state index contributed by atoms with van der Waals surface area (Å²) < 4.78 is 40.2. The minimum Gasteiger partial charge on any atom is -0.468 e. The molecule has 1 aromatic rings. The van der Waals surface area contributed by atoms with E-state index in [1.807, 2.05) is 0 Å². The lowest BCUT2D eigenvalue weighted by Crippen LogP contribution is -2.21. The van der Waals surface area contributed by atoms with Gasteiger partial charge < -0.3 is 10.5 Å². The van der Waals surface area contributed by atoms with Gasteiger partial charge in [0.05, 0.1) is 0 Å². The van der Waals surface area contributed by atoms with Gasteiger partial charge in [-0.3, -0.25) is 0 Å². The largest absolute Gasteiger partial charge is 0.468 e. The zero-order chi connectivity index (χ0) is 11.5. The van der Waals surface area contributed by atoms with Gasteiger partial charge in [-0.2, -0.15) is 13.2 Å². The number of nitrogens with zero attached hydrogens (tertiary/aromatic N) is 1. The Morgan fingerprint density at radius 2 is 2.20 bits per heavy atom. The van der Waals surface area contributed by atoms with Crippen LogP contribution in [0.2, 0.25) is 0 Å². The second kappa shape index (κ2) is 4.48. The second-order valence-corrected chi connectivity index (χ2v) is 3.09. The number of hydrogen-bond acceptors (Lipinski definition) is 3. The molecule has 0 aromatic carbocycles. The van der Waals surface area contributed by atoms with Gasteiger partial charge in [0, 0.05) is 17.8 Å². The number of nitrogens with two attached hydrogens (primary N) is 1. The molecule has 0 aliphatic heterocycles. The number of alkyl halides is 3. The monoisotopic (exact) mass is 220 g/mol. The zero-order valence-corrected chi connectivity index (χ0v) is 8.08. The van der Waals surface area contributed by atoms with E-state index in [-0.39, 0.29) is 5.88 Å². The SMILES string of the molecule is C[C@H](N)c1cccnc1OCC(F)(F)F. The molecule has 15 heavy (non-hydrogen) atoms. The lowest BCUT2D eigenvalue weighted by molar-refractivity contribution is -0.154. The van der Waals surface area contributed by atoms with E-state index in [0.29, 0.717) is 5.56 Å². The first-order valence-corrected chi connectivity index (χ1v) is 4.30. The summed E-state index contributed by atoms with van der Waals surface area (Å²) in [7, 11) is 0. The first-order valence-electron chi connectivity index (χ1n) is 4.30. The molecule has 3 nitrogen and oxygen atoms in total. The number of pyridine rings is 1. The average Bonchev–Trinajstić information content (AvgIpc) is 2.14. The van der Waals surface area contributed by atoms with Crippen molar-refractivity contribution in [1.82, 2.24) is 4.98 Å². The van der Waals surface area contributed by atoms with Crippen molar-refractivity contribution in [2.24, 2.45) is 5.73 Å². The van der Waals surface area contributed by atoms with Gasteiger partial charge in [0.1, 0.15) is 0 Å². The molecule has 0 spiro atoms. The highest BCUT2D eigenvalue weighted by Crippen LogP contribution is 2.23. The fraction of sp³-hybridized carbons (Fsp3) is 0.444. The van der Waals surface area contributed by atoms with E-state index in [1.54, 1.807) is 19.1 Å². The Morgan fingerprint density at radius 1 is 1.53 bits per heavy atom. The predicted molar refractivity (Wildman–Crippen MR) is 48.4 cm³/mol. The average molecular weight is 220 g/mol. The van der Waals surface area contributed by atoms with Crippen molar-refractivity contribution >= 4 is 0 Å². The molecule has 0 fully saturated rings. The zero-order valence-electron chi connectivity index (χ0n) is 8.08. The quantitative estimate of drug-likeness (QED) is 0.847. The highest BCUT2D eigenvalue weighted by Gasteiger charge is 2.29. The van der Waals surface area contributed by atoms with Crippen LogP contribution >= 0.6 is 0 Å². The molecule has 1 heterocycles. The number of hydrogen-bond donors (Lipinski definition) is 1. The maximum atomic E-state index is 11.9. The van der Waals surface area contributed by atoms with Crippen molar-refractivity contribution in [2.75, 3.05) is 6.61 Å². The van der Waals surface area contributed by atoms with Crippen LogP contribution in [0.4, 0.5) is 13.2 Å². The van der Waals surface area contributed by atoms with E-state index in [9.17, 15) is 13.2 Å². The summed E-state index contributed by atoms with van der Waals surface area (Å²) in [5.74, 6) is -0.0650. The van der Waals surface area contributed by atoms with Gasteiger partial charge in [-0.25, -0.2) is 4.98 Å². The van der Waals surface area contributed by atoms with Crippen molar-refractivity contribution in [3.05, 3.63) is 23.9 Å². The predicted octanol–water partition coefficient (Wildman–Crippen LogP) is 2.04. The topological polar surface area (TPSA) is 48.1 Å². The van der Waals surface area contributed by atoms with Crippen LogP contribution in [-0.4, -0.2) is 17.8 Å². The second-order valence-electron chi connectivity index (χ2n) is 3.09. The lowest BCUT2D eigenvalue weighted by Gasteiger charge is -2.13. The molecule has 0 bridgehead atoms. The Hall–Kier alpha value is -1.30. The van der Waals surface area contributed by atoms with Crippen molar-refractivity contribution in [3.63, 3.8) is 0 Å². The van der Waals surface area contributed by atoms with Crippen molar-refractivity contribution < 1.29 is 17.9 Å². The number of aromatic nitrogens is 1. The van der Waals surface area contributed by atoms with Gasteiger partial charge in [0.25, 0.3) is 0 Å². The van der Waals surface area contributed by atoms with Crippen LogP contribution in [0, 0.1) is 0 Å². The third kappa shape index (κ3) is 3.75. The van der Waals surface area contributed by atoms with E-state index in [1.165, 1.54) is 6.20 Å². The fourth-order valence-electron chi connectivity index (χ4n) is 1.02. The summed E-state index contributed by atoms with van der Waals surface area (Å²) in [4.78, 5) is 3.70. The van der Waals surface area contributed by atoms with Gasteiger partial charge in [0.2, 0.25) is 5.88 Å². The van der Waals surface area contributed by atoms with Crippen LogP contribution in [0.25, 0.3) is 0 Å². The molecule has 1 rings (SSSR count). The summed E-state index contributed by atoms with van der Waals surface area (Å²) >= 11 is 0. The molecular weight excluding hydrogens is 209 g/mol. The van der Waals surface area contributed by atoms with Crippen molar-refractivity contribution in [2.45, 2.75) is 19.1 Å². The number of ether oxygens (including phenoxy) is 1. The molecule has 0 radical (unpaired) electrons. The highest BCUT2D eigenvalue weighted by molar-refractivity contribution is 5.28. The van der Waals surface area contributed by atoms with Crippen LogP contribution in [0.5, 0.6) is 5.88 Å². The minimum atomic E-state index is -4.37. The summed E-state index contributed by atoms with van der Waals surface area (Å²) in [6.45, 7) is 0.293. The van der Waals surface area contributed by atoms with Crippen LogP contribution in [0.3, 0.4) is 0 Å². The molecule has 0 saturated heterocycles. The third-order valence-electron chi connectivity index (χ3n) is 1.66. The molecule has 0 amide bonds. The van der Waals surface area contributed by atoms with Gasteiger partial charge in [-0.1, -0.05) is 6.07 Å². The van der Waals surface area contributed by atoms with Crippen molar-refractivity contribution in [1.29, 1.82) is 0 Å². The number of halogens is 3. The molecule has 0 aliphatic rings. The third-order valence-corrected chi connectivity index (χ3v) is 1.66. The van der Waals surface area contributed by atoms with Gasteiger partial charge in [0.15, 0.2) is 6.61 Å². The molecule has 2 N–H and O–H groups in total. The van der Waals surface area contributed by atoms with Crippen LogP contribution < -0.4 is 10.5 Å². The maximum absolute atomic E-state index is 11.9.